The second-order valence-corrected chi connectivity index (χ2v) is 30.4. The van der Waals surface area contributed by atoms with E-state index in [4.69, 9.17) is 37.0 Å². The van der Waals surface area contributed by atoms with Crippen LogP contribution >= 0.6 is 15.6 Å². The number of carbonyl (C=O) groups is 4. The van der Waals surface area contributed by atoms with Crippen LogP contribution in [0.25, 0.3) is 0 Å². The molecule has 3 N–H and O–H groups in total. The Morgan fingerprint density at radius 2 is 0.554 bits per heavy atom. The van der Waals surface area contributed by atoms with E-state index in [1.807, 2.05) is 0 Å². The fraction of sp³-hybridized carbons (Fsp3) is 0.945. The molecule has 0 aliphatic carbocycles. The van der Waals surface area contributed by atoms with E-state index in [9.17, 15) is 43.2 Å². The van der Waals surface area contributed by atoms with Crippen LogP contribution in [0.2, 0.25) is 0 Å². The first kappa shape index (κ1) is 90.1. The van der Waals surface area contributed by atoms with Crippen LogP contribution in [0.3, 0.4) is 0 Å². The number of phosphoric ester groups is 2. The minimum atomic E-state index is -4.95. The monoisotopic (exact) mass is 1350 g/mol. The molecular formula is C73H142O17P2. The number of unbranched alkanes of at least 4 members (excludes halogenated alkanes) is 38. The topological polar surface area (TPSA) is 237 Å². The van der Waals surface area contributed by atoms with Crippen molar-refractivity contribution < 1.29 is 80.2 Å². The lowest BCUT2D eigenvalue weighted by molar-refractivity contribution is -0.161. The summed E-state index contributed by atoms with van der Waals surface area (Å²) in [4.78, 5) is 72.6. The molecule has 0 aromatic rings. The quantitative estimate of drug-likeness (QED) is 0.0222. The van der Waals surface area contributed by atoms with Gasteiger partial charge in [-0.3, -0.25) is 37.3 Å². The zero-order valence-electron chi connectivity index (χ0n) is 60.0. The molecule has 0 amide bonds. The number of hydrogen-bond acceptors (Lipinski definition) is 15. The molecule has 0 heterocycles. The molecule has 0 saturated carbocycles. The van der Waals surface area contributed by atoms with Crippen molar-refractivity contribution in [1.82, 2.24) is 0 Å². The Bertz CT molecular complexity index is 1800. The third-order valence-corrected chi connectivity index (χ3v) is 19.1. The lowest BCUT2D eigenvalue weighted by atomic mass is 9.99. The van der Waals surface area contributed by atoms with Crippen LogP contribution in [0.15, 0.2) is 0 Å². The number of aliphatic hydroxyl groups is 1. The Kier molecular flexibility index (Phi) is 62.4. The van der Waals surface area contributed by atoms with Gasteiger partial charge >= 0.3 is 39.5 Å². The predicted molar refractivity (Wildman–Crippen MR) is 372 cm³/mol. The second-order valence-electron chi connectivity index (χ2n) is 27.5. The lowest BCUT2D eigenvalue weighted by Crippen LogP contribution is -2.30. The maximum Gasteiger partial charge on any atom is 0.472 e. The van der Waals surface area contributed by atoms with Gasteiger partial charge in [0.15, 0.2) is 12.2 Å². The van der Waals surface area contributed by atoms with Gasteiger partial charge in [-0.1, -0.05) is 318 Å². The van der Waals surface area contributed by atoms with Gasteiger partial charge in [-0.2, -0.15) is 0 Å². The number of ether oxygens (including phenoxy) is 4. The first-order valence-corrected chi connectivity index (χ1v) is 40.9. The van der Waals surface area contributed by atoms with Crippen LogP contribution in [0, 0.1) is 17.8 Å². The van der Waals surface area contributed by atoms with Gasteiger partial charge in [0, 0.05) is 25.7 Å². The fourth-order valence-electron chi connectivity index (χ4n) is 11.0. The highest BCUT2D eigenvalue weighted by Crippen LogP contribution is 2.45. The van der Waals surface area contributed by atoms with Gasteiger partial charge in [0.1, 0.15) is 19.3 Å². The number of rotatable bonds is 71. The number of carbonyl (C=O) groups excluding carboxylic acids is 4. The highest BCUT2D eigenvalue weighted by atomic mass is 31.2. The summed E-state index contributed by atoms with van der Waals surface area (Å²) >= 11 is 0. The maximum absolute atomic E-state index is 13.1. The largest absolute Gasteiger partial charge is 0.472 e. The van der Waals surface area contributed by atoms with Gasteiger partial charge in [0.05, 0.1) is 26.4 Å². The smallest absolute Gasteiger partial charge is 0.462 e. The van der Waals surface area contributed by atoms with Gasteiger partial charge in [-0.25, -0.2) is 9.13 Å². The zero-order valence-corrected chi connectivity index (χ0v) is 61.8. The van der Waals surface area contributed by atoms with Crippen molar-refractivity contribution in [2.24, 2.45) is 17.8 Å². The normalized spacial score (nSPS) is 14.4. The summed E-state index contributed by atoms with van der Waals surface area (Å²) in [5, 5.41) is 10.6. The van der Waals surface area contributed by atoms with E-state index in [1.165, 1.54) is 173 Å². The second kappa shape index (κ2) is 63.8. The fourth-order valence-corrected chi connectivity index (χ4v) is 12.6. The highest BCUT2D eigenvalue weighted by molar-refractivity contribution is 7.47. The summed E-state index contributed by atoms with van der Waals surface area (Å²) in [7, 11) is -9.91. The molecule has 0 bridgehead atoms. The Morgan fingerprint density at radius 3 is 0.826 bits per heavy atom. The Labute approximate surface area is 562 Å². The van der Waals surface area contributed by atoms with E-state index in [-0.39, 0.29) is 25.7 Å². The summed E-state index contributed by atoms with van der Waals surface area (Å²) in [6.45, 7) is 11.8. The van der Waals surface area contributed by atoms with Crippen molar-refractivity contribution in [1.29, 1.82) is 0 Å². The summed E-state index contributed by atoms with van der Waals surface area (Å²) in [5.41, 5.74) is 0. The summed E-state index contributed by atoms with van der Waals surface area (Å²) in [6.07, 6.45) is 48.8. The molecule has 0 rings (SSSR count). The van der Waals surface area contributed by atoms with Gasteiger partial charge in [0.2, 0.25) is 0 Å². The SMILES string of the molecule is CCCCCCCCCCCCCCCCCCCCCC(=O)O[C@H](COC(=O)CCCCCCCCCCC(C)CC)COP(=O)(O)OC[C@@H](O)COP(=O)(O)OC[C@@H](COC(=O)CCCCCCCCCC(C)C)OC(=O)CCCCCCCCCCC(C)C. The molecule has 0 saturated heterocycles. The third-order valence-electron chi connectivity index (χ3n) is 17.2. The molecule has 3 unspecified atom stereocenters. The zero-order chi connectivity index (χ0) is 68.0. The van der Waals surface area contributed by atoms with E-state index in [0.717, 1.165) is 108 Å². The third kappa shape index (κ3) is 65.4. The summed E-state index contributed by atoms with van der Waals surface area (Å²) in [5.74, 6) is 0.0749. The minimum Gasteiger partial charge on any atom is -0.462 e. The van der Waals surface area contributed by atoms with Crippen LogP contribution in [0.4, 0.5) is 0 Å². The molecule has 0 spiro atoms. The molecule has 6 atom stereocenters. The predicted octanol–water partition coefficient (Wildman–Crippen LogP) is 21.0. The van der Waals surface area contributed by atoms with Crippen LogP contribution in [0.1, 0.15) is 370 Å². The Balaban J connectivity index is 5.22. The van der Waals surface area contributed by atoms with E-state index in [2.05, 4.69) is 48.5 Å². The summed E-state index contributed by atoms with van der Waals surface area (Å²) in [6, 6.07) is 0. The van der Waals surface area contributed by atoms with Crippen molar-refractivity contribution in [3.8, 4) is 0 Å². The lowest BCUT2D eigenvalue weighted by Gasteiger charge is -2.21. The standard InChI is InChI=1S/C73H142O17P2/c1-8-10-11-12-13-14-15-16-17-18-19-20-21-22-23-24-34-42-49-56-72(77)89-68(60-83-70(75)54-47-40-33-28-26-32-39-46-53-66(7)9-2)62-87-91(79,80)85-58-67(74)59-86-92(81,82)88-63-69(61-84-71(76)55-48-41-36-29-31-38-45-52-65(5)6)90-73(78)57-50-43-35-27-25-30-37-44-51-64(3)4/h64-69,74H,8-63H2,1-7H3,(H,79,80)(H,81,82)/t66?,67-,68-,69-/m1/s1. The number of aliphatic hydroxyl groups excluding tert-OH is 1. The molecule has 0 radical (unpaired) electrons. The average molecular weight is 1350 g/mol. The summed E-state index contributed by atoms with van der Waals surface area (Å²) < 4.78 is 68.4. The van der Waals surface area contributed by atoms with Gasteiger partial charge in [0.25, 0.3) is 0 Å². The number of esters is 4. The molecule has 17 nitrogen and oxygen atoms in total. The molecule has 92 heavy (non-hydrogen) atoms. The average Bonchev–Trinajstić information content (AvgIpc) is 3.11. The molecule has 546 valence electrons. The number of phosphoric acid groups is 2. The first-order chi connectivity index (χ1) is 44.3. The molecule has 0 aliphatic heterocycles. The first-order valence-electron chi connectivity index (χ1n) is 37.9. The maximum atomic E-state index is 13.1. The number of hydrogen-bond donors (Lipinski definition) is 3. The molecular weight excluding hydrogens is 1210 g/mol. The van der Waals surface area contributed by atoms with E-state index in [1.54, 1.807) is 0 Å². The van der Waals surface area contributed by atoms with E-state index in [0.29, 0.717) is 31.6 Å². The Hall–Kier alpha value is -1.94. The van der Waals surface area contributed by atoms with E-state index < -0.39 is 97.5 Å². The van der Waals surface area contributed by atoms with Crippen LogP contribution in [0.5, 0.6) is 0 Å². The van der Waals surface area contributed by atoms with Crippen molar-refractivity contribution in [3.63, 3.8) is 0 Å². The highest BCUT2D eigenvalue weighted by Gasteiger charge is 2.30. The van der Waals surface area contributed by atoms with Crippen molar-refractivity contribution >= 4 is 39.5 Å². The van der Waals surface area contributed by atoms with E-state index >= 15 is 0 Å². The molecule has 0 aromatic heterocycles. The minimum absolute atomic E-state index is 0.103. The molecule has 19 heteroatoms. The van der Waals surface area contributed by atoms with Gasteiger partial charge in [-0.15, -0.1) is 0 Å². The Morgan fingerprint density at radius 1 is 0.315 bits per heavy atom. The van der Waals surface area contributed by atoms with Crippen molar-refractivity contribution in [2.75, 3.05) is 39.6 Å². The van der Waals surface area contributed by atoms with Gasteiger partial charge < -0.3 is 33.8 Å². The molecule has 0 fully saturated rings. The molecule has 0 aliphatic rings. The van der Waals surface area contributed by atoms with Crippen LogP contribution in [-0.4, -0.2) is 96.7 Å². The van der Waals surface area contributed by atoms with Gasteiger partial charge in [-0.05, 0) is 43.4 Å². The van der Waals surface area contributed by atoms with Crippen LogP contribution in [-0.2, 0) is 65.4 Å². The van der Waals surface area contributed by atoms with Crippen molar-refractivity contribution in [3.05, 3.63) is 0 Å². The van der Waals surface area contributed by atoms with Crippen LogP contribution < -0.4 is 0 Å². The van der Waals surface area contributed by atoms with Crippen molar-refractivity contribution in [2.45, 2.75) is 388 Å². The molecule has 0 aromatic carbocycles.